The van der Waals surface area contributed by atoms with E-state index in [2.05, 4.69) is 6.58 Å². The highest BCUT2D eigenvalue weighted by Gasteiger charge is 2.09. The Morgan fingerprint density at radius 1 is 1.08 bits per heavy atom. The summed E-state index contributed by atoms with van der Waals surface area (Å²) in [5.74, 6) is 0.0509. The molecule has 0 fully saturated rings. The minimum atomic E-state index is -0.475. The monoisotopic (exact) mass is 353 g/mol. The standard InChI is InChI=1S/C20H19NO5/c1-15(2)20(22)26-13-12-25-19(14-16-6-4-3-5-7-16)17-8-10-18(11-9-17)21(23)24/h3-11,14H,1,12-13H2,2H3. The first kappa shape index (κ1) is 18.9. The van der Waals surface area contributed by atoms with Crippen molar-refractivity contribution in [1.29, 1.82) is 0 Å². The molecule has 0 aliphatic rings. The fourth-order valence-corrected chi connectivity index (χ4v) is 2.07. The molecule has 0 bridgehead atoms. The van der Waals surface area contributed by atoms with Crippen molar-refractivity contribution in [3.05, 3.63) is 88.0 Å². The summed E-state index contributed by atoms with van der Waals surface area (Å²) >= 11 is 0. The Morgan fingerprint density at radius 2 is 1.69 bits per heavy atom. The van der Waals surface area contributed by atoms with Gasteiger partial charge in [0, 0.05) is 23.3 Å². The van der Waals surface area contributed by atoms with Gasteiger partial charge in [-0.15, -0.1) is 0 Å². The van der Waals surface area contributed by atoms with Crippen molar-refractivity contribution in [3.63, 3.8) is 0 Å². The molecule has 0 aliphatic heterocycles. The Morgan fingerprint density at radius 3 is 2.27 bits per heavy atom. The predicted molar refractivity (Wildman–Crippen MR) is 99.1 cm³/mol. The highest BCUT2D eigenvalue weighted by atomic mass is 16.6. The molecule has 0 saturated carbocycles. The van der Waals surface area contributed by atoms with E-state index in [1.807, 2.05) is 36.4 Å². The maximum Gasteiger partial charge on any atom is 0.333 e. The van der Waals surface area contributed by atoms with Gasteiger partial charge in [-0.25, -0.2) is 4.79 Å². The van der Waals surface area contributed by atoms with Crippen LogP contribution in [0.25, 0.3) is 11.8 Å². The number of rotatable bonds is 8. The second kappa shape index (κ2) is 9.17. The van der Waals surface area contributed by atoms with Crippen LogP contribution in [0.3, 0.4) is 0 Å². The van der Waals surface area contributed by atoms with Gasteiger partial charge in [-0.05, 0) is 30.7 Å². The summed E-state index contributed by atoms with van der Waals surface area (Å²) in [7, 11) is 0. The molecule has 0 heterocycles. The minimum absolute atomic E-state index is 0.00296. The van der Waals surface area contributed by atoms with E-state index >= 15 is 0 Å². The van der Waals surface area contributed by atoms with Gasteiger partial charge in [0.1, 0.15) is 19.0 Å². The highest BCUT2D eigenvalue weighted by molar-refractivity contribution is 5.86. The third-order valence-electron chi connectivity index (χ3n) is 3.38. The van der Waals surface area contributed by atoms with Crippen LogP contribution in [0, 0.1) is 10.1 Å². The molecule has 0 amide bonds. The number of nitrogens with zero attached hydrogens (tertiary/aromatic N) is 1. The maximum absolute atomic E-state index is 11.4. The number of carbonyl (C=O) groups is 1. The smallest absolute Gasteiger partial charge is 0.333 e. The van der Waals surface area contributed by atoms with Gasteiger partial charge >= 0.3 is 5.97 Å². The molecular weight excluding hydrogens is 334 g/mol. The van der Waals surface area contributed by atoms with Gasteiger partial charge in [0.2, 0.25) is 0 Å². The normalized spacial score (nSPS) is 10.9. The lowest BCUT2D eigenvalue weighted by molar-refractivity contribution is -0.384. The highest BCUT2D eigenvalue weighted by Crippen LogP contribution is 2.22. The second-order valence-corrected chi connectivity index (χ2v) is 5.49. The molecule has 0 spiro atoms. The predicted octanol–water partition coefficient (Wildman–Crippen LogP) is 4.23. The van der Waals surface area contributed by atoms with Crippen molar-refractivity contribution in [3.8, 4) is 0 Å². The van der Waals surface area contributed by atoms with Crippen molar-refractivity contribution >= 4 is 23.5 Å². The lowest BCUT2D eigenvalue weighted by Gasteiger charge is -2.12. The number of non-ortho nitro benzene ring substituents is 1. The van der Waals surface area contributed by atoms with Crippen LogP contribution in [0.5, 0.6) is 0 Å². The molecule has 134 valence electrons. The van der Waals surface area contributed by atoms with Crippen LogP contribution < -0.4 is 0 Å². The summed E-state index contributed by atoms with van der Waals surface area (Å²) in [6, 6.07) is 15.6. The van der Waals surface area contributed by atoms with Crippen LogP contribution in [0.4, 0.5) is 5.69 Å². The third kappa shape index (κ3) is 5.59. The number of nitro benzene ring substituents is 1. The molecule has 6 nitrogen and oxygen atoms in total. The van der Waals surface area contributed by atoms with Gasteiger partial charge < -0.3 is 9.47 Å². The maximum atomic E-state index is 11.4. The lowest BCUT2D eigenvalue weighted by Crippen LogP contribution is -2.10. The Kier molecular flexibility index (Phi) is 6.68. The van der Waals surface area contributed by atoms with E-state index in [1.165, 1.54) is 12.1 Å². The first-order valence-electron chi connectivity index (χ1n) is 7.94. The van der Waals surface area contributed by atoms with E-state index < -0.39 is 10.9 Å². The number of esters is 1. The zero-order valence-corrected chi connectivity index (χ0v) is 14.4. The van der Waals surface area contributed by atoms with Gasteiger partial charge in [0.15, 0.2) is 0 Å². The van der Waals surface area contributed by atoms with Crippen molar-refractivity contribution in [1.82, 2.24) is 0 Å². The minimum Gasteiger partial charge on any atom is -0.489 e. The van der Waals surface area contributed by atoms with E-state index in [0.717, 1.165) is 5.56 Å². The molecule has 0 aromatic heterocycles. The molecule has 6 heteroatoms. The average Bonchev–Trinajstić information content (AvgIpc) is 2.64. The molecule has 26 heavy (non-hydrogen) atoms. The number of nitro groups is 1. The summed E-state index contributed by atoms with van der Waals surface area (Å²) in [4.78, 5) is 21.7. The Labute approximate surface area is 151 Å². The van der Waals surface area contributed by atoms with Gasteiger partial charge in [-0.1, -0.05) is 36.9 Å². The molecule has 0 saturated heterocycles. The molecule has 2 aromatic rings. The van der Waals surface area contributed by atoms with Gasteiger partial charge in [0.25, 0.3) is 5.69 Å². The van der Waals surface area contributed by atoms with Crippen LogP contribution in [-0.2, 0) is 14.3 Å². The number of benzene rings is 2. The van der Waals surface area contributed by atoms with E-state index in [-0.39, 0.29) is 18.9 Å². The number of carbonyl (C=O) groups excluding carboxylic acids is 1. The largest absolute Gasteiger partial charge is 0.489 e. The van der Waals surface area contributed by atoms with Crippen LogP contribution >= 0.6 is 0 Å². The molecule has 0 aliphatic carbocycles. The fraction of sp³-hybridized carbons (Fsp3) is 0.150. The average molecular weight is 353 g/mol. The van der Waals surface area contributed by atoms with Crippen molar-refractivity contribution in [2.24, 2.45) is 0 Å². The lowest BCUT2D eigenvalue weighted by atomic mass is 10.1. The van der Waals surface area contributed by atoms with Crippen molar-refractivity contribution in [2.75, 3.05) is 13.2 Å². The van der Waals surface area contributed by atoms with Gasteiger partial charge in [-0.3, -0.25) is 10.1 Å². The first-order valence-corrected chi connectivity index (χ1v) is 7.94. The molecule has 0 atom stereocenters. The molecule has 0 radical (unpaired) electrons. The molecule has 2 rings (SSSR count). The summed E-state index contributed by atoms with van der Waals surface area (Å²) in [6.45, 7) is 5.30. The molecular formula is C20H19NO5. The summed E-state index contributed by atoms with van der Waals surface area (Å²) < 4.78 is 10.8. The van der Waals surface area contributed by atoms with Crippen molar-refractivity contribution in [2.45, 2.75) is 6.92 Å². The third-order valence-corrected chi connectivity index (χ3v) is 3.38. The molecule has 0 unspecified atom stereocenters. The topological polar surface area (TPSA) is 78.7 Å². The molecule has 0 N–H and O–H groups in total. The van der Waals surface area contributed by atoms with E-state index in [0.29, 0.717) is 16.9 Å². The van der Waals surface area contributed by atoms with E-state index in [9.17, 15) is 14.9 Å². The van der Waals surface area contributed by atoms with Gasteiger partial charge in [-0.2, -0.15) is 0 Å². The molecule has 2 aromatic carbocycles. The van der Waals surface area contributed by atoms with Crippen LogP contribution in [0.2, 0.25) is 0 Å². The Bertz CT molecular complexity index is 810. The second-order valence-electron chi connectivity index (χ2n) is 5.49. The SMILES string of the molecule is C=C(C)C(=O)OCCOC(=Cc1ccccc1)c1ccc([N+](=O)[O-])cc1. The summed E-state index contributed by atoms with van der Waals surface area (Å²) in [5.41, 5.74) is 1.93. The fourth-order valence-electron chi connectivity index (χ4n) is 2.07. The van der Waals surface area contributed by atoms with E-state index in [1.54, 1.807) is 19.1 Å². The van der Waals surface area contributed by atoms with Crippen LogP contribution in [-0.4, -0.2) is 24.1 Å². The van der Waals surface area contributed by atoms with E-state index in [4.69, 9.17) is 9.47 Å². The number of hydrogen-bond acceptors (Lipinski definition) is 5. The Hall–Kier alpha value is -3.41. The number of hydrogen-bond donors (Lipinski definition) is 0. The van der Waals surface area contributed by atoms with Crippen LogP contribution in [0.1, 0.15) is 18.1 Å². The van der Waals surface area contributed by atoms with Crippen molar-refractivity contribution < 1.29 is 19.2 Å². The number of ether oxygens (including phenoxy) is 2. The quantitative estimate of drug-likeness (QED) is 0.135. The van der Waals surface area contributed by atoms with Crippen LogP contribution in [0.15, 0.2) is 66.7 Å². The zero-order valence-electron chi connectivity index (χ0n) is 14.4. The first-order chi connectivity index (χ1) is 12.5. The summed E-state index contributed by atoms with van der Waals surface area (Å²) in [6.07, 6.45) is 1.82. The zero-order chi connectivity index (χ0) is 18.9. The van der Waals surface area contributed by atoms with Gasteiger partial charge in [0.05, 0.1) is 4.92 Å². The Balaban J connectivity index is 2.14. The summed E-state index contributed by atoms with van der Waals surface area (Å²) in [5, 5.41) is 10.8.